The van der Waals surface area contributed by atoms with Crippen LogP contribution in [0.2, 0.25) is 0 Å². The van der Waals surface area contributed by atoms with Gasteiger partial charge in [-0.3, -0.25) is 14.4 Å². The maximum atomic E-state index is 12.2. The van der Waals surface area contributed by atoms with Gasteiger partial charge in [0.2, 0.25) is 0 Å². The van der Waals surface area contributed by atoms with Gasteiger partial charge >= 0.3 is 6.09 Å². The number of amides is 3. The van der Waals surface area contributed by atoms with E-state index < -0.39 is 23.5 Å². The number of fused-ring (bicyclic) bond motifs is 1. The quantitative estimate of drug-likeness (QED) is 0.222. The third kappa shape index (κ3) is 5.61. The molecule has 3 N–H and O–H groups in total. The summed E-state index contributed by atoms with van der Waals surface area (Å²) in [6.07, 6.45) is -0.710. The van der Waals surface area contributed by atoms with Crippen molar-refractivity contribution in [1.29, 1.82) is 0 Å². The fourth-order valence-electron chi connectivity index (χ4n) is 2.77. The number of nitrogens with zero attached hydrogens (tertiary/aromatic N) is 2. The molecule has 2 aromatic rings. The standard InChI is InChI=1S/C22H24N4O6/c1-22(2,3)32-21(29)25-24-18(23)14-8-10-15(11-9-14)30-12-13-31-26-19(27)16-6-4-5-7-17(16)20(26)28/h4-11H,12-13H2,1-3H3,(H2,23,24)(H,25,29). The van der Waals surface area contributed by atoms with E-state index in [2.05, 4.69) is 10.5 Å². The lowest BCUT2D eigenvalue weighted by Crippen LogP contribution is -2.31. The highest BCUT2D eigenvalue weighted by Gasteiger charge is 2.36. The molecule has 10 heteroatoms. The van der Waals surface area contributed by atoms with Crippen LogP contribution in [0.15, 0.2) is 53.6 Å². The Morgan fingerprint density at radius 1 is 1.00 bits per heavy atom. The number of hydroxylamine groups is 2. The number of ether oxygens (including phenoxy) is 2. The normalized spacial score (nSPS) is 13.7. The van der Waals surface area contributed by atoms with Crippen molar-refractivity contribution in [3.8, 4) is 5.75 Å². The molecule has 0 unspecified atom stereocenters. The smallest absolute Gasteiger partial charge is 0.428 e. The fourth-order valence-corrected chi connectivity index (χ4v) is 2.77. The number of nitrogens with two attached hydrogens (primary N) is 1. The number of amidine groups is 1. The van der Waals surface area contributed by atoms with Crippen LogP contribution in [-0.2, 0) is 9.57 Å². The molecule has 0 radical (unpaired) electrons. The van der Waals surface area contributed by atoms with E-state index >= 15 is 0 Å². The summed E-state index contributed by atoms with van der Waals surface area (Å²) in [6, 6.07) is 13.2. The minimum atomic E-state index is -0.710. The molecule has 3 amide bonds. The maximum absolute atomic E-state index is 12.2. The third-order valence-electron chi connectivity index (χ3n) is 4.15. The average molecular weight is 440 g/mol. The van der Waals surface area contributed by atoms with Gasteiger partial charge in [0.15, 0.2) is 5.84 Å². The van der Waals surface area contributed by atoms with E-state index in [0.717, 1.165) is 5.06 Å². The van der Waals surface area contributed by atoms with Crippen LogP contribution in [0, 0.1) is 0 Å². The molecule has 10 nitrogen and oxygen atoms in total. The summed E-state index contributed by atoms with van der Waals surface area (Å²) in [6.45, 7) is 5.32. The van der Waals surface area contributed by atoms with Crippen LogP contribution in [0.3, 0.4) is 0 Å². The SMILES string of the molecule is CC(C)(C)OC(=O)N/N=C(/N)c1ccc(OCCON2C(=O)c3ccccc3C2=O)cc1. The first-order chi connectivity index (χ1) is 15.2. The van der Waals surface area contributed by atoms with Gasteiger partial charge in [-0.2, -0.15) is 5.10 Å². The number of carbonyl (C=O) groups is 3. The zero-order chi connectivity index (χ0) is 23.3. The molecule has 0 fully saturated rings. The third-order valence-corrected chi connectivity index (χ3v) is 4.15. The molecule has 0 bridgehead atoms. The molecule has 32 heavy (non-hydrogen) atoms. The molecule has 2 aromatic carbocycles. The number of rotatable bonds is 7. The van der Waals surface area contributed by atoms with Gasteiger partial charge in [-0.15, -0.1) is 5.06 Å². The lowest BCUT2D eigenvalue weighted by Gasteiger charge is -2.18. The van der Waals surface area contributed by atoms with E-state index in [4.69, 9.17) is 20.0 Å². The van der Waals surface area contributed by atoms with E-state index in [0.29, 0.717) is 22.4 Å². The Labute approximate surface area is 184 Å². The van der Waals surface area contributed by atoms with Crippen LogP contribution in [0.4, 0.5) is 4.79 Å². The van der Waals surface area contributed by atoms with Crippen molar-refractivity contribution >= 4 is 23.7 Å². The van der Waals surface area contributed by atoms with Crippen molar-refractivity contribution in [3.05, 3.63) is 65.2 Å². The lowest BCUT2D eigenvalue weighted by molar-refractivity contribution is -0.0976. The Bertz CT molecular complexity index is 1010. The molecule has 0 atom stereocenters. The number of carbonyl (C=O) groups excluding carboxylic acids is 3. The van der Waals surface area contributed by atoms with Crippen LogP contribution in [-0.4, -0.2) is 47.6 Å². The Morgan fingerprint density at radius 2 is 1.59 bits per heavy atom. The molecule has 3 rings (SSSR count). The molecule has 0 aliphatic carbocycles. The van der Waals surface area contributed by atoms with Gasteiger partial charge in [-0.1, -0.05) is 12.1 Å². The molecule has 1 aliphatic heterocycles. The summed E-state index contributed by atoms with van der Waals surface area (Å²) in [5, 5.41) is 4.54. The highest BCUT2D eigenvalue weighted by atomic mass is 16.7. The Hall–Kier alpha value is -3.92. The molecule has 0 saturated carbocycles. The predicted molar refractivity (Wildman–Crippen MR) is 115 cm³/mol. The topological polar surface area (TPSA) is 133 Å². The predicted octanol–water partition coefficient (Wildman–Crippen LogP) is 2.44. The van der Waals surface area contributed by atoms with Crippen molar-refractivity contribution in [1.82, 2.24) is 10.5 Å². The van der Waals surface area contributed by atoms with Crippen LogP contribution in [0.1, 0.15) is 47.1 Å². The number of hydrazone groups is 1. The Morgan fingerprint density at radius 3 is 2.16 bits per heavy atom. The number of hydrogen-bond donors (Lipinski definition) is 2. The van der Waals surface area contributed by atoms with Gasteiger partial charge in [0, 0.05) is 5.56 Å². The van der Waals surface area contributed by atoms with Crippen LogP contribution in [0.25, 0.3) is 0 Å². The summed E-state index contributed by atoms with van der Waals surface area (Å²) >= 11 is 0. The Balaban J connectivity index is 1.45. The molecule has 0 saturated heterocycles. The van der Waals surface area contributed by atoms with Crippen molar-refractivity contribution in [2.75, 3.05) is 13.2 Å². The van der Waals surface area contributed by atoms with Crippen molar-refractivity contribution in [2.24, 2.45) is 10.8 Å². The maximum Gasteiger partial charge on any atom is 0.428 e. The first-order valence-electron chi connectivity index (χ1n) is 9.82. The Kier molecular flexibility index (Phi) is 6.74. The van der Waals surface area contributed by atoms with Gasteiger partial charge in [-0.25, -0.2) is 10.2 Å². The molecule has 168 valence electrons. The lowest BCUT2D eigenvalue weighted by atomic mass is 10.1. The minimum Gasteiger partial charge on any atom is -0.491 e. The summed E-state index contributed by atoms with van der Waals surface area (Å²) in [4.78, 5) is 41.4. The van der Waals surface area contributed by atoms with Gasteiger partial charge in [0.05, 0.1) is 11.1 Å². The number of benzene rings is 2. The van der Waals surface area contributed by atoms with Gasteiger partial charge < -0.3 is 15.2 Å². The first-order valence-corrected chi connectivity index (χ1v) is 9.82. The highest BCUT2D eigenvalue weighted by molar-refractivity contribution is 6.20. The van der Waals surface area contributed by atoms with E-state index in [9.17, 15) is 14.4 Å². The second-order valence-corrected chi connectivity index (χ2v) is 7.77. The monoisotopic (exact) mass is 440 g/mol. The van der Waals surface area contributed by atoms with Gasteiger partial charge in [0.1, 0.15) is 24.6 Å². The van der Waals surface area contributed by atoms with Crippen molar-refractivity contribution in [2.45, 2.75) is 26.4 Å². The molecular formula is C22H24N4O6. The number of imide groups is 1. The summed E-state index contributed by atoms with van der Waals surface area (Å²) < 4.78 is 10.6. The largest absolute Gasteiger partial charge is 0.491 e. The van der Waals surface area contributed by atoms with E-state index in [1.807, 2.05) is 0 Å². The van der Waals surface area contributed by atoms with Crippen LogP contribution in [0.5, 0.6) is 5.75 Å². The van der Waals surface area contributed by atoms with E-state index in [-0.39, 0.29) is 19.0 Å². The summed E-state index contributed by atoms with van der Waals surface area (Å²) in [5.74, 6) is -0.376. The number of hydrogen-bond acceptors (Lipinski definition) is 7. The number of nitrogens with one attached hydrogen (secondary N) is 1. The zero-order valence-electron chi connectivity index (χ0n) is 18.0. The second-order valence-electron chi connectivity index (χ2n) is 7.77. The van der Waals surface area contributed by atoms with Crippen molar-refractivity contribution in [3.63, 3.8) is 0 Å². The molecular weight excluding hydrogens is 416 g/mol. The molecule has 0 spiro atoms. The van der Waals surface area contributed by atoms with E-state index in [1.165, 1.54) is 0 Å². The zero-order valence-corrected chi connectivity index (χ0v) is 18.0. The second kappa shape index (κ2) is 9.48. The molecule has 1 heterocycles. The summed E-state index contributed by atoms with van der Waals surface area (Å²) in [7, 11) is 0. The van der Waals surface area contributed by atoms with Crippen molar-refractivity contribution < 1.29 is 28.7 Å². The van der Waals surface area contributed by atoms with Crippen LogP contribution >= 0.6 is 0 Å². The fraction of sp³-hybridized carbons (Fsp3) is 0.273. The summed E-state index contributed by atoms with van der Waals surface area (Å²) in [5.41, 5.74) is 8.64. The van der Waals surface area contributed by atoms with Crippen LogP contribution < -0.4 is 15.9 Å². The highest BCUT2D eigenvalue weighted by Crippen LogP contribution is 2.22. The molecule has 0 aromatic heterocycles. The van der Waals surface area contributed by atoms with Gasteiger partial charge in [-0.05, 0) is 57.2 Å². The average Bonchev–Trinajstić information content (AvgIpc) is 2.99. The molecule has 1 aliphatic rings. The van der Waals surface area contributed by atoms with Gasteiger partial charge in [0.25, 0.3) is 11.8 Å². The first kappa shape index (κ1) is 22.8. The van der Waals surface area contributed by atoms with E-state index in [1.54, 1.807) is 69.3 Å². The minimum absolute atomic E-state index is 0.00335.